The van der Waals surface area contributed by atoms with Crippen molar-refractivity contribution in [2.24, 2.45) is 0 Å². The van der Waals surface area contributed by atoms with E-state index in [1.807, 2.05) is 24.3 Å². The van der Waals surface area contributed by atoms with Gasteiger partial charge < -0.3 is 10.6 Å². The number of rotatable bonds is 5. The molecule has 1 amide bonds. The number of thiophene rings is 1. The summed E-state index contributed by atoms with van der Waals surface area (Å²) in [6.07, 6.45) is 0. The van der Waals surface area contributed by atoms with Gasteiger partial charge >= 0.3 is 0 Å². The third-order valence-electron chi connectivity index (χ3n) is 3.05. The van der Waals surface area contributed by atoms with Crippen molar-refractivity contribution in [3.63, 3.8) is 0 Å². The van der Waals surface area contributed by atoms with Crippen molar-refractivity contribution in [1.29, 1.82) is 0 Å². The fourth-order valence-corrected chi connectivity index (χ4v) is 2.68. The third kappa shape index (κ3) is 3.66. The largest absolute Gasteiger partial charge is 0.355 e. The van der Waals surface area contributed by atoms with E-state index >= 15 is 0 Å². The van der Waals surface area contributed by atoms with Gasteiger partial charge in [-0.25, -0.2) is 0 Å². The number of aryl methyl sites for hydroxylation is 1. The molecule has 1 heterocycles. The minimum absolute atomic E-state index is 0.0478. The van der Waals surface area contributed by atoms with E-state index in [0.717, 1.165) is 13.1 Å². The number of nitrogens with one attached hydrogen (secondary N) is 2. The molecule has 0 spiro atoms. The lowest BCUT2D eigenvalue weighted by molar-refractivity contribution is 0.0963. The summed E-state index contributed by atoms with van der Waals surface area (Å²) in [6.45, 7) is 3.82. The Kier molecular flexibility index (Phi) is 4.71. The fourth-order valence-electron chi connectivity index (χ4n) is 1.83. The molecule has 2 rings (SSSR count). The van der Waals surface area contributed by atoms with Gasteiger partial charge in [-0.05, 0) is 46.5 Å². The van der Waals surface area contributed by atoms with E-state index in [9.17, 15) is 4.79 Å². The molecule has 0 saturated carbocycles. The van der Waals surface area contributed by atoms with Crippen molar-refractivity contribution in [1.82, 2.24) is 10.6 Å². The summed E-state index contributed by atoms with van der Waals surface area (Å²) in [6, 6.07) is 7.67. The highest BCUT2D eigenvalue weighted by Gasteiger charge is 2.02. The molecule has 0 fully saturated rings. The first-order chi connectivity index (χ1) is 9.20. The number of hydrogen-bond donors (Lipinski definition) is 2. The van der Waals surface area contributed by atoms with Crippen LogP contribution in [0, 0.1) is 6.92 Å². The maximum Gasteiger partial charge on any atom is 0.251 e. The summed E-state index contributed by atoms with van der Waals surface area (Å²) in [7, 11) is 1.64. The van der Waals surface area contributed by atoms with Crippen LogP contribution in [0.2, 0.25) is 0 Å². The maximum absolute atomic E-state index is 11.4. The molecule has 100 valence electrons. The summed E-state index contributed by atoms with van der Waals surface area (Å²) in [5.41, 5.74) is 4.57. The lowest BCUT2D eigenvalue weighted by Crippen LogP contribution is -2.18. The molecule has 2 N–H and O–H groups in total. The minimum Gasteiger partial charge on any atom is -0.355 e. The highest BCUT2D eigenvalue weighted by Crippen LogP contribution is 2.13. The van der Waals surface area contributed by atoms with Crippen LogP contribution >= 0.6 is 11.3 Å². The number of benzene rings is 1. The van der Waals surface area contributed by atoms with Crippen LogP contribution in [0.25, 0.3) is 0 Å². The molecule has 1 aromatic heterocycles. The van der Waals surface area contributed by atoms with Crippen molar-refractivity contribution >= 4 is 17.2 Å². The molecule has 2 aromatic rings. The summed E-state index contributed by atoms with van der Waals surface area (Å²) in [5, 5.41) is 10.4. The Morgan fingerprint density at radius 1 is 1.16 bits per heavy atom. The number of hydrogen-bond acceptors (Lipinski definition) is 3. The van der Waals surface area contributed by atoms with Gasteiger partial charge in [-0.2, -0.15) is 11.3 Å². The first-order valence-electron chi connectivity index (χ1n) is 6.24. The van der Waals surface area contributed by atoms with Gasteiger partial charge in [-0.3, -0.25) is 4.79 Å². The third-order valence-corrected chi connectivity index (χ3v) is 3.96. The van der Waals surface area contributed by atoms with E-state index < -0.39 is 0 Å². The Labute approximate surface area is 117 Å². The summed E-state index contributed by atoms with van der Waals surface area (Å²) in [4.78, 5) is 11.4. The van der Waals surface area contributed by atoms with Gasteiger partial charge in [0.15, 0.2) is 0 Å². The highest BCUT2D eigenvalue weighted by atomic mass is 32.1. The number of carbonyl (C=O) groups excluding carboxylic acids is 1. The highest BCUT2D eigenvalue weighted by molar-refractivity contribution is 7.08. The Hall–Kier alpha value is -1.65. The number of amides is 1. The van der Waals surface area contributed by atoms with Crippen LogP contribution in [0.5, 0.6) is 0 Å². The normalized spacial score (nSPS) is 10.4. The van der Waals surface area contributed by atoms with Crippen molar-refractivity contribution in [2.75, 3.05) is 7.05 Å². The van der Waals surface area contributed by atoms with E-state index in [-0.39, 0.29) is 5.91 Å². The molecule has 0 radical (unpaired) electrons. The molecule has 0 aliphatic rings. The second-order valence-electron chi connectivity index (χ2n) is 4.46. The van der Waals surface area contributed by atoms with Crippen LogP contribution in [0.3, 0.4) is 0 Å². The van der Waals surface area contributed by atoms with Gasteiger partial charge in [0.1, 0.15) is 0 Å². The molecule has 0 atom stereocenters. The SMILES string of the molecule is CNC(=O)c1ccc(CNCc2cscc2C)cc1. The standard InChI is InChI=1S/C15H18N2OS/c1-11-9-19-10-14(11)8-17-7-12-3-5-13(6-4-12)15(18)16-2/h3-6,9-10,17H,7-8H2,1-2H3,(H,16,18). The molecule has 0 aliphatic carbocycles. The average Bonchev–Trinajstić information content (AvgIpc) is 2.84. The monoisotopic (exact) mass is 274 g/mol. The van der Waals surface area contributed by atoms with Crippen LogP contribution in [-0.2, 0) is 13.1 Å². The van der Waals surface area contributed by atoms with Crippen LogP contribution < -0.4 is 10.6 Å². The molecular formula is C15H18N2OS. The summed E-state index contributed by atoms with van der Waals surface area (Å²) in [5.74, 6) is -0.0478. The summed E-state index contributed by atoms with van der Waals surface area (Å²) < 4.78 is 0. The average molecular weight is 274 g/mol. The molecule has 1 aromatic carbocycles. The lowest BCUT2D eigenvalue weighted by Gasteiger charge is -2.06. The smallest absolute Gasteiger partial charge is 0.251 e. The second kappa shape index (κ2) is 6.50. The zero-order valence-electron chi connectivity index (χ0n) is 11.2. The zero-order chi connectivity index (χ0) is 13.7. The van der Waals surface area contributed by atoms with E-state index in [2.05, 4.69) is 28.3 Å². The minimum atomic E-state index is -0.0478. The molecule has 0 unspecified atom stereocenters. The maximum atomic E-state index is 11.4. The molecule has 19 heavy (non-hydrogen) atoms. The first-order valence-corrected chi connectivity index (χ1v) is 7.18. The van der Waals surface area contributed by atoms with E-state index in [1.54, 1.807) is 18.4 Å². The van der Waals surface area contributed by atoms with Gasteiger partial charge in [0.05, 0.1) is 0 Å². The van der Waals surface area contributed by atoms with E-state index in [1.165, 1.54) is 16.7 Å². The van der Waals surface area contributed by atoms with Crippen LogP contribution in [0.1, 0.15) is 27.0 Å². The second-order valence-corrected chi connectivity index (χ2v) is 5.20. The van der Waals surface area contributed by atoms with Crippen molar-refractivity contribution in [3.05, 3.63) is 57.3 Å². The van der Waals surface area contributed by atoms with E-state index in [0.29, 0.717) is 5.56 Å². The van der Waals surface area contributed by atoms with Gasteiger partial charge in [-0.1, -0.05) is 12.1 Å². The molecule has 4 heteroatoms. The topological polar surface area (TPSA) is 41.1 Å². The Morgan fingerprint density at radius 3 is 2.47 bits per heavy atom. The van der Waals surface area contributed by atoms with Crippen LogP contribution in [0.15, 0.2) is 35.0 Å². The number of carbonyl (C=O) groups is 1. The Morgan fingerprint density at radius 2 is 1.89 bits per heavy atom. The van der Waals surface area contributed by atoms with Gasteiger partial charge in [0.25, 0.3) is 5.91 Å². The molecule has 3 nitrogen and oxygen atoms in total. The zero-order valence-corrected chi connectivity index (χ0v) is 12.0. The Bertz CT molecular complexity index is 546. The van der Waals surface area contributed by atoms with Crippen LogP contribution in [-0.4, -0.2) is 13.0 Å². The molecule has 0 saturated heterocycles. The molecule has 0 aliphatic heterocycles. The Balaban J connectivity index is 1.86. The lowest BCUT2D eigenvalue weighted by atomic mass is 10.1. The van der Waals surface area contributed by atoms with Gasteiger partial charge in [0.2, 0.25) is 0 Å². The first kappa shape index (κ1) is 13.8. The van der Waals surface area contributed by atoms with Crippen molar-refractivity contribution in [2.45, 2.75) is 20.0 Å². The van der Waals surface area contributed by atoms with Crippen molar-refractivity contribution < 1.29 is 4.79 Å². The quantitative estimate of drug-likeness (QED) is 0.880. The predicted octanol–water partition coefficient (Wildman–Crippen LogP) is 2.71. The predicted molar refractivity (Wildman–Crippen MR) is 79.4 cm³/mol. The molecule has 0 bridgehead atoms. The fraction of sp³-hybridized carbons (Fsp3) is 0.267. The summed E-state index contributed by atoms with van der Waals surface area (Å²) >= 11 is 1.74. The van der Waals surface area contributed by atoms with Gasteiger partial charge in [-0.15, -0.1) is 0 Å². The van der Waals surface area contributed by atoms with E-state index in [4.69, 9.17) is 0 Å². The van der Waals surface area contributed by atoms with Gasteiger partial charge in [0, 0.05) is 25.7 Å². The molecular weight excluding hydrogens is 256 g/mol. The van der Waals surface area contributed by atoms with Crippen molar-refractivity contribution in [3.8, 4) is 0 Å². The van der Waals surface area contributed by atoms with Crippen LogP contribution in [0.4, 0.5) is 0 Å².